The molecule has 1 aliphatic carbocycles. The van der Waals surface area contributed by atoms with E-state index in [0.29, 0.717) is 6.42 Å². The van der Waals surface area contributed by atoms with Crippen LogP contribution in [-0.4, -0.2) is 30.5 Å². The number of rotatable bonds is 1. The summed E-state index contributed by atoms with van der Waals surface area (Å²) in [5, 5.41) is 0. The minimum absolute atomic E-state index is 0.0415. The number of Topliss-reactive ketones (excluding diaryl/α,β-unsaturated/α-hetero) is 2. The molecule has 0 unspecified atom stereocenters. The molecule has 3 nitrogen and oxygen atoms in total. The molecule has 0 aromatic rings. The van der Waals surface area contributed by atoms with Gasteiger partial charge in [0.05, 0.1) is 6.61 Å². The van der Waals surface area contributed by atoms with Crippen molar-refractivity contribution in [1.29, 1.82) is 0 Å². The molecule has 0 radical (unpaired) electrons. The lowest BCUT2D eigenvalue weighted by Gasteiger charge is -2.20. The molecule has 0 aromatic carbocycles. The van der Waals surface area contributed by atoms with E-state index in [-0.39, 0.29) is 18.4 Å². The monoisotopic (exact) mass is 208 g/mol. The van der Waals surface area contributed by atoms with Crippen molar-refractivity contribution < 1.29 is 27.5 Å². The molecule has 14 heavy (non-hydrogen) atoms. The summed E-state index contributed by atoms with van der Waals surface area (Å²) in [6.07, 6.45) is -6.33. The van der Waals surface area contributed by atoms with Gasteiger partial charge in [0.15, 0.2) is 11.9 Å². The normalized spacial score (nSPS) is 36.5. The van der Waals surface area contributed by atoms with Crippen molar-refractivity contribution in [3.05, 3.63) is 0 Å². The highest BCUT2D eigenvalue weighted by atomic mass is 19.4. The van der Waals surface area contributed by atoms with Gasteiger partial charge >= 0.3 is 6.18 Å². The number of hydrogen-bond acceptors (Lipinski definition) is 3. The van der Waals surface area contributed by atoms with Crippen molar-refractivity contribution in [3.63, 3.8) is 0 Å². The number of ketones is 2. The highest BCUT2D eigenvalue weighted by Gasteiger charge is 2.56. The standard InChI is InChI=1S/C8H7F3O3/c9-8(10,11)7(13)6-5(12)4-1-3(4)2-14-6/h3-4,6H,1-2H2/t3-,4-,6-/m1/s1. The zero-order valence-electron chi connectivity index (χ0n) is 7.00. The van der Waals surface area contributed by atoms with E-state index in [1.807, 2.05) is 0 Å². The van der Waals surface area contributed by atoms with Gasteiger partial charge in [0, 0.05) is 5.92 Å². The van der Waals surface area contributed by atoms with Crippen LogP contribution < -0.4 is 0 Å². The second-order valence-electron chi connectivity index (χ2n) is 3.58. The number of carbonyl (C=O) groups excluding carboxylic acids is 2. The molecule has 6 heteroatoms. The highest BCUT2D eigenvalue weighted by molar-refractivity contribution is 6.09. The maximum Gasteiger partial charge on any atom is 0.453 e. The molecule has 0 bridgehead atoms. The van der Waals surface area contributed by atoms with E-state index >= 15 is 0 Å². The molecular weight excluding hydrogens is 201 g/mol. The first kappa shape index (κ1) is 9.64. The topological polar surface area (TPSA) is 43.4 Å². The third-order valence-corrected chi connectivity index (χ3v) is 2.54. The Kier molecular flexibility index (Phi) is 1.92. The van der Waals surface area contributed by atoms with Crippen molar-refractivity contribution in [2.24, 2.45) is 11.8 Å². The van der Waals surface area contributed by atoms with Crippen LogP contribution in [0.25, 0.3) is 0 Å². The van der Waals surface area contributed by atoms with Gasteiger partial charge in [-0.2, -0.15) is 13.2 Å². The average molecular weight is 208 g/mol. The Bertz CT molecular complexity index is 297. The predicted molar refractivity (Wildman–Crippen MR) is 37.4 cm³/mol. The predicted octanol–water partition coefficient (Wildman–Crippen LogP) is 0.722. The zero-order valence-corrected chi connectivity index (χ0v) is 7.00. The summed E-state index contributed by atoms with van der Waals surface area (Å²) >= 11 is 0. The van der Waals surface area contributed by atoms with Crippen molar-refractivity contribution >= 4 is 11.6 Å². The van der Waals surface area contributed by atoms with E-state index in [0.717, 1.165) is 0 Å². The largest absolute Gasteiger partial charge is 0.453 e. The molecule has 0 aromatic heterocycles. The van der Waals surface area contributed by atoms with Gasteiger partial charge in [-0.05, 0) is 12.3 Å². The molecule has 1 saturated carbocycles. The molecule has 2 fully saturated rings. The van der Waals surface area contributed by atoms with Crippen LogP contribution >= 0.6 is 0 Å². The second kappa shape index (κ2) is 2.79. The second-order valence-corrected chi connectivity index (χ2v) is 3.58. The van der Waals surface area contributed by atoms with Crippen molar-refractivity contribution in [1.82, 2.24) is 0 Å². The van der Waals surface area contributed by atoms with Gasteiger partial charge in [0.25, 0.3) is 5.78 Å². The van der Waals surface area contributed by atoms with E-state index in [1.165, 1.54) is 0 Å². The number of halogens is 3. The summed E-state index contributed by atoms with van der Waals surface area (Å²) in [6, 6.07) is 0. The fourth-order valence-electron chi connectivity index (χ4n) is 1.63. The van der Waals surface area contributed by atoms with Gasteiger partial charge in [-0.1, -0.05) is 0 Å². The molecule has 1 aliphatic heterocycles. The Morgan fingerprint density at radius 2 is 2.07 bits per heavy atom. The lowest BCUT2D eigenvalue weighted by molar-refractivity contribution is -0.186. The van der Waals surface area contributed by atoms with Gasteiger partial charge < -0.3 is 4.74 Å². The lowest BCUT2D eigenvalue weighted by atomic mass is 10.0. The smallest absolute Gasteiger partial charge is 0.362 e. The SMILES string of the molecule is O=C1[C@H](C(=O)C(F)(F)F)OC[C@H]2C[C@@H]12. The minimum atomic E-state index is -4.98. The first-order valence-corrected chi connectivity index (χ1v) is 4.17. The highest BCUT2D eigenvalue weighted by Crippen LogP contribution is 2.44. The van der Waals surface area contributed by atoms with E-state index in [9.17, 15) is 22.8 Å². The average Bonchev–Trinajstić information content (AvgIpc) is 2.82. The molecule has 2 rings (SSSR count). The van der Waals surface area contributed by atoms with E-state index in [4.69, 9.17) is 0 Å². The van der Waals surface area contributed by atoms with E-state index in [1.54, 1.807) is 0 Å². The third kappa shape index (κ3) is 1.43. The van der Waals surface area contributed by atoms with Crippen LogP contribution in [0.1, 0.15) is 6.42 Å². The minimum Gasteiger partial charge on any atom is -0.362 e. The third-order valence-electron chi connectivity index (χ3n) is 2.54. The molecule has 78 valence electrons. The van der Waals surface area contributed by atoms with Gasteiger partial charge in [0.2, 0.25) is 0 Å². The number of alkyl halides is 3. The number of hydrogen-bond donors (Lipinski definition) is 0. The molecule has 0 spiro atoms. The van der Waals surface area contributed by atoms with Gasteiger partial charge in [-0.3, -0.25) is 9.59 Å². The van der Waals surface area contributed by atoms with Crippen LogP contribution in [0.4, 0.5) is 13.2 Å². The van der Waals surface area contributed by atoms with Gasteiger partial charge in [-0.25, -0.2) is 0 Å². The molecule has 1 heterocycles. The first-order chi connectivity index (χ1) is 6.41. The maximum absolute atomic E-state index is 12.0. The fourth-order valence-corrected chi connectivity index (χ4v) is 1.63. The summed E-state index contributed by atoms with van der Waals surface area (Å²) in [4.78, 5) is 21.9. The Balaban J connectivity index is 2.11. The first-order valence-electron chi connectivity index (χ1n) is 4.17. The maximum atomic E-state index is 12.0. The lowest BCUT2D eigenvalue weighted by Crippen LogP contribution is -2.45. The molecule has 3 atom stereocenters. The van der Waals surface area contributed by atoms with Crippen LogP contribution in [0.15, 0.2) is 0 Å². The Hall–Kier alpha value is -0.910. The molecule has 0 amide bonds. The zero-order chi connectivity index (χ0) is 10.5. The van der Waals surface area contributed by atoms with Crippen molar-refractivity contribution in [3.8, 4) is 0 Å². The van der Waals surface area contributed by atoms with Gasteiger partial charge in [0.1, 0.15) is 0 Å². The van der Waals surface area contributed by atoms with Crippen LogP contribution in [0.2, 0.25) is 0 Å². The van der Waals surface area contributed by atoms with Crippen LogP contribution in [0.3, 0.4) is 0 Å². The van der Waals surface area contributed by atoms with E-state index in [2.05, 4.69) is 4.74 Å². The summed E-state index contributed by atoms with van der Waals surface area (Å²) in [5.74, 6) is -3.11. The molecule has 1 saturated heterocycles. The summed E-state index contributed by atoms with van der Waals surface area (Å²) in [5.41, 5.74) is 0. The summed E-state index contributed by atoms with van der Waals surface area (Å²) in [6.45, 7) is 0.0862. The van der Waals surface area contributed by atoms with Crippen molar-refractivity contribution in [2.45, 2.75) is 18.7 Å². The van der Waals surface area contributed by atoms with E-state index < -0.39 is 23.8 Å². The Labute approximate surface area is 77.2 Å². The van der Waals surface area contributed by atoms with Gasteiger partial charge in [-0.15, -0.1) is 0 Å². The Morgan fingerprint density at radius 3 is 2.64 bits per heavy atom. The fraction of sp³-hybridized carbons (Fsp3) is 0.750. The van der Waals surface area contributed by atoms with Crippen LogP contribution in [0.5, 0.6) is 0 Å². The quantitative estimate of drug-likeness (QED) is 0.596. The number of carbonyl (C=O) groups is 2. The summed E-state index contributed by atoms with van der Waals surface area (Å²) in [7, 11) is 0. The van der Waals surface area contributed by atoms with Crippen LogP contribution in [0, 0.1) is 11.8 Å². The number of ether oxygens (including phenoxy) is 1. The molecular formula is C8H7F3O3. The van der Waals surface area contributed by atoms with Crippen LogP contribution in [-0.2, 0) is 14.3 Å². The number of fused-ring (bicyclic) bond motifs is 1. The molecule has 2 aliphatic rings. The Morgan fingerprint density at radius 1 is 1.43 bits per heavy atom. The van der Waals surface area contributed by atoms with Crippen molar-refractivity contribution in [2.75, 3.05) is 6.61 Å². The summed E-state index contributed by atoms with van der Waals surface area (Å²) < 4.78 is 40.5. The molecule has 0 N–H and O–H groups in total.